The number of carbonyl (C=O) groups is 2. The normalized spacial score (nSPS) is 14.5. The van der Waals surface area contributed by atoms with Crippen LogP contribution in [0.5, 0.6) is 0 Å². The van der Waals surface area contributed by atoms with Gasteiger partial charge in [-0.2, -0.15) is 0 Å². The molecule has 0 spiro atoms. The average molecular weight is 314 g/mol. The topological polar surface area (TPSA) is 88.5 Å². The minimum atomic E-state index is -1.12. The van der Waals surface area contributed by atoms with Crippen molar-refractivity contribution in [2.45, 2.75) is 25.3 Å². The summed E-state index contributed by atoms with van der Waals surface area (Å²) in [6.07, 6.45) is 2.60. The number of methoxy groups -OCH3 is 1. The van der Waals surface area contributed by atoms with Gasteiger partial charge in [-0.15, -0.1) is 0 Å². The largest absolute Gasteiger partial charge is 0.480 e. The molecule has 0 aliphatic heterocycles. The zero-order valence-electron chi connectivity index (χ0n) is 12.8. The van der Waals surface area contributed by atoms with Gasteiger partial charge in [0.05, 0.1) is 17.7 Å². The third-order valence-corrected chi connectivity index (χ3v) is 4.08. The molecule has 0 saturated heterocycles. The number of pyridine rings is 1. The van der Waals surface area contributed by atoms with Gasteiger partial charge < -0.3 is 15.2 Å². The number of nitrogens with one attached hydrogen (secondary N) is 1. The predicted octanol–water partition coefficient (Wildman–Crippen LogP) is 1.55. The maximum Gasteiger partial charge on any atom is 0.328 e. The van der Waals surface area contributed by atoms with E-state index in [-0.39, 0.29) is 12.5 Å². The van der Waals surface area contributed by atoms with E-state index in [2.05, 4.69) is 10.3 Å². The van der Waals surface area contributed by atoms with E-state index >= 15 is 0 Å². The standard InChI is InChI=1S/C17H18N2O4/c1-23-9-14(17(21)22)19-16(20)15-10-5-2-3-7-12(10)18-13-8-4-6-11(13)15/h2-3,5,7,14H,4,6,8-9H2,1H3,(H,19,20)(H,21,22). The zero-order chi connectivity index (χ0) is 16.4. The number of aryl methyl sites for hydroxylation is 1. The van der Waals surface area contributed by atoms with Gasteiger partial charge in [0, 0.05) is 18.2 Å². The molecule has 1 aliphatic rings. The molecule has 1 aliphatic carbocycles. The molecule has 3 rings (SSSR count). The molecule has 0 bridgehead atoms. The van der Waals surface area contributed by atoms with Crippen LogP contribution in [0.25, 0.3) is 10.9 Å². The van der Waals surface area contributed by atoms with Gasteiger partial charge in [0.1, 0.15) is 0 Å². The lowest BCUT2D eigenvalue weighted by molar-refractivity contribution is -0.140. The van der Waals surface area contributed by atoms with Gasteiger partial charge in [0.25, 0.3) is 5.91 Å². The minimum absolute atomic E-state index is 0.0771. The molecule has 2 N–H and O–H groups in total. The third-order valence-electron chi connectivity index (χ3n) is 4.08. The third kappa shape index (κ3) is 2.90. The molecule has 6 nitrogen and oxygen atoms in total. The number of aromatic nitrogens is 1. The van der Waals surface area contributed by atoms with Crippen molar-refractivity contribution in [1.82, 2.24) is 10.3 Å². The summed E-state index contributed by atoms with van der Waals surface area (Å²) in [5, 5.41) is 12.5. The summed E-state index contributed by atoms with van der Waals surface area (Å²) in [4.78, 5) is 28.6. The quantitative estimate of drug-likeness (QED) is 0.874. The molecule has 6 heteroatoms. The smallest absolute Gasteiger partial charge is 0.328 e. The van der Waals surface area contributed by atoms with E-state index in [1.807, 2.05) is 24.3 Å². The van der Waals surface area contributed by atoms with Crippen LogP contribution in [0.4, 0.5) is 0 Å². The van der Waals surface area contributed by atoms with E-state index in [1.54, 1.807) is 0 Å². The first kappa shape index (κ1) is 15.4. The van der Waals surface area contributed by atoms with Crippen LogP contribution in [0.1, 0.15) is 28.0 Å². The number of ether oxygens (including phenoxy) is 1. The Morgan fingerprint density at radius 1 is 1.35 bits per heavy atom. The Kier molecular flexibility index (Phi) is 4.25. The first-order valence-electron chi connectivity index (χ1n) is 7.55. The van der Waals surface area contributed by atoms with Gasteiger partial charge in [0.15, 0.2) is 6.04 Å². The summed E-state index contributed by atoms with van der Waals surface area (Å²) >= 11 is 0. The van der Waals surface area contributed by atoms with E-state index in [0.29, 0.717) is 5.56 Å². The van der Waals surface area contributed by atoms with Crippen molar-refractivity contribution in [2.75, 3.05) is 13.7 Å². The number of rotatable bonds is 5. The van der Waals surface area contributed by atoms with Gasteiger partial charge in [-0.05, 0) is 30.9 Å². The molecule has 0 fully saturated rings. The summed E-state index contributed by atoms with van der Waals surface area (Å²) in [7, 11) is 1.40. The second kappa shape index (κ2) is 6.34. The molecule has 23 heavy (non-hydrogen) atoms. The Bertz CT molecular complexity index is 773. The van der Waals surface area contributed by atoms with E-state index < -0.39 is 12.0 Å². The zero-order valence-corrected chi connectivity index (χ0v) is 12.8. The van der Waals surface area contributed by atoms with Crippen LogP contribution in [0.15, 0.2) is 24.3 Å². The van der Waals surface area contributed by atoms with Gasteiger partial charge in [0.2, 0.25) is 0 Å². The summed E-state index contributed by atoms with van der Waals surface area (Å²) in [5.41, 5.74) is 3.18. The minimum Gasteiger partial charge on any atom is -0.480 e. The van der Waals surface area contributed by atoms with E-state index in [9.17, 15) is 14.7 Å². The average Bonchev–Trinajstić information content (AvgIpc) is 2.99. The van der Waals surface area contributed by atoms with Crippen LogP contribution in [-0.2, 0) is 22.4 Å². The van der Waals surface area contributed by atoms with Crippen molar-refractivity contribution in [1.29, 1.82) is 0 Å². The molecule has 1 atom stereocenters. The molecule has 0 saturated carbocycles. The van der Waals surface area contributed by atoms with Crippen LogP contribution in [0.3, 0.4) is 0 Å². The summed E-state index contributed by atoms with van der Waals surface area (Å²) in [6, 6.07) is 6.38. The van der Waals surface area contributed by atoms with Crippen molar-refractivity contribution in [2.24, 2.45) is 0 Å². The van der Waals surface area contributed by atoms with Crippen LogP contribution in [-0.4, -0.2) is 41.7 Å². The molecule has 2 aromatic rings. The van der Waals surface area contributed by atoms with Crippen molar-refractivity contribution in [3.8, 4) is 0 Å². The van der Waals surface area contributed by atoms with E-state index in [0.717, 1.165) is 41.4 Å². The molecule has 0 radical (unpaired) electrons. The number of hydrogen-bond acceptors (Lipinski definition) is 4. The highest BCUT2D eigenvalue weighted by atomic mass is 16.5. The maximum absolute atomic E-state index is 12.8. The number of para-hydroxylation sites is 1. The molecule has 120 valence electrons. The first-order chi connectivity index (χ1) is 11.1. The highest BCUT2D eigenvalue weighted by Gasteiger charge is 2.27. The van der Waals surface area contributed by atoms with Gasteiger partial charge in [-0.3, -0.25) is 9.78 Å². The number of hydrogen-bond donors (Lipinski definition) is 2. The van der Waals surface area contributed by atoms with Gasteiger partial charge in [-0.1, -0.05) is 18.2 Å². The highest BCUT2D eigenvalue weighted by Crippen LogP contribution is 2.29. The molecule has 1 aromatic heterocycles. The lowest BCUT2D eigenvalue weighted by Gasteiger charge is -2.16. The number of benzene rings is 1. The Balaban J connectivity index is 2.04. The number of aliphatic carboxylic acids is 1. The number of fused-ring (bicyclic) bond motifs is 2. The molecular formula is C17H18N2O4. The highest BCUT2D eigenvalue weighted by molar-refractivity contribution is 6.08. The second-order valence-corrected chi connectivity index (χ2v) is 5.60. The monoisotopic (exact) mass is 314 g/mol. The fourth-order valence-corrected chi connectivity index (χ4v) is 3.04. The summed E-state index contributed by atoms with van der Waals surface area (Å²) in [5.74, 6) is -1.50. The van der Waals surface area contributed by atoms with Gasteiger partial charge >= 0.3 is 5.97 Å². The molecule has 1 aromatic carbocycles. The Hall–Kier alpha value is -2.47. The summed E-state index contributed by atoms with van der Waals surface area (Å²) in [6.45, 7) is -0.0771. The van der Waals surface area contributed by atoms with Crippen molar-refractivity contribution < 1.29 is 19.4 Å². The van der Waals surface area contributed by atoms with E-state index in [4.69, 9.17) is 4.74 Å². The fourth-order valence-electron chi connectivity index (χ4n) is 3.04. The number of nitrogens with zero attached hydrogens (tertiary/aromatic N) is 1. The van der Waals surface area contributed by atoms with E-state index in [1.165, 1.54) is 7.11 Å². The maximum atomic E-state index is 12.8. The second-order valence-electron chi connectivity index (χ2n) is 5.60. The van der Waals surface area contributed by atoms with Crippen molar-refractivity contribution in [3.63, 3.8) is 0 Å². The predicted molar refractivity (Wildman–Crippen MR) is 84.5 cm³/mol. The van der Waals surface area contributed by atoms with Crippen molar-refractivity contribution in [3.05, 3.63) is 41.1 Å². The number of carboxylic acids is 1. The Morgan fingerprint density at radius 2 is 2.13 bits per heavy atom. The number of amides is 1. The molecule has 1 unspecified atom stereocenters. The number of carboxylic acid groups (broad SMARTS) is 1. The lowest BCUT2D eigenvalue weighted by Crippen LogP contribution is -2.44. The van der Waals surface area contributed by atoms with Gasteiger partial charge in [-0.25, -0.2) is 4.79 Å². The lowest BCUT2D eigenvalue weighted by atomic mass is 10.0. The van der Waals surface area contributed by atoms with Crippen molar-refractivity contribution >= 4 is 22.8 Å². The van der Waals surface area contributed by atoms with Crippen LogP contribution in [0, 0.1) is 0 Å². The molecular weight excluding hydrogens is 296 g/mol. The molecule has 1 heterocycles. The first-order valence-corrected chi connectivity index (χ1v) is 7.55. The fraction of sp³-hybridized carbons (Fsp3) is 0.353. The van der Waals surface area contributed by atoms with Crippen LogP contribution < -0.4 is 5.32 Å². The summed E-state index contributed by atoms with van der Waals surface area (Å²) < 4.78 is 4.87. The SMILES string of the molecule is COCC(NC(=O)c1c2c(nc3ccccc13)CCC2)C(=O)O. The number of carbonyl (C=O) groups excluding carboxylic acids is 1. The van der Waals surface area contributed by atoms with Crippen LogP contribution >= 0.6 is 0 Å². The molecule has 1 amide bonds. The Morgan fingerprint density at radius 3 is 2.87 bits per heavy atom. The Labute approximate surface area is 133 Å². The van der Waals surface area contributed by atoms with Crippen LogP contribution in [0.2, 0.25) is 0 Å².